The van der Waals surface area contributed by atoms with Crippen LogP contribution in [0.3, 0.4) is 0 Å². The zero-order valence-corrected chi connectivity index (χ0v) is 16.3. The van der Waals surface area contributed by atoms with E-state index in [0.29, 0.717) is 17.9 Å². The summed E-state index contributed by atoms with van der Waals surface area (Å²) in [6.45, 7) is 11.2. The Morgan fingerprint density at radius 3 is 2.29 bits per heavy atom. The van der Waals surface area contributed by atoms with Gasteiger partial charge in [-0.15, -0.1) is 0 Å². The van der Waals surface area contributed by atoms with Gasteiger partial charge >= 0.3 is 0 Å². The lowest BCUT2D eigenvalue weighted by atomic mass is 9.69. The van der Waals surface area contributed by atoms with Crippen LogP contribution in [0.5, 0.6) is 0 Å². The molecule has 8 atom stereocenters. The van der Waals surface area contributed by atoms with E-state index in [1.54, 1.807) is 0 Å². The molecule has 0 saturated heterocycles. The Bertz CT molecular complexity index is 505. The molecule has 4 aliphatic rings. The summed E-state index contributed by atoms with van der Waals surface area (Å²) in [7, 11) is 0. The van der Waals surface area contributed by atoms with Crippen molar-refractivity contribution in [3.63, 3.8) is 0 Å². The van der Waals surface area contributed by atoms with Crippen LogP contribution in [0.4, 0.5) is 0 Å². The normalized spacial score (nSPS) is 44.2. The van der Waals surface area contributed by atoms with E-state index in [1.807, 2.05) is 0 Å². The van der Waals surface area contributed by atoms with Gasteiger partial charge in [-0.05, 0) is 85.4 Å². The molecule has 0 radical (unpaired) electrons. The monoisotopic (exact) mass is 331 g/mol. The smallest absolute Gasteiger partial charge is 0.223 e. The molecule has 0 heterocycles. The Labute approximate surface area is 148 Å². The van der Waals surface area contributed by atoms with Gasteiger partial charge in [0.25, 0.3) is 0 Å². The molecule has 4 aliphatic carbocycles. The third-order valence-corrected chi connectivity index (χ3v) is 8.13. The van der Waals surface area contributed by atoms with E-state index in [1.165, 1.54) is 32.1 Å². The average molecular weight is 332 g/mol. The van der Waals surface area contributed by atoms with E-state index in [4.69, 9.17) is 0 Å². The molecule has 0 aromatic carbocycles. The van der Waals surface area contributed by atoms with Gasteiger partial charge in [0.2, 0.25) is 5.91 Å². The third kappa shape index (κ3) is 2.63. The first-order valence-corrected chi connectivity index (χ1v) is 10.6. The molecule has 4 bridgehead atoms. The maximum Gasteiger partial charge on any atom is 0.223 e. The Kier molecular flexibility index (Phi) is 4.05. The van der Waals surface area contributed by atoms with Crippen molar-refractivity contribution in [2.75, 3.05) is 0 Å². The van der Waals surface area contributed by atoms with Crippen molar-refractivity contribution in [3.05, 3.63) is 0 Å². The van der Waals surface area contributed by atoms with Crippen LogP contribution in [0.1, 0.15) is 73.1 Å². The van der Waals surface area contributed by atoms with Crippen LogP contribution < -0.4 is 5.32 Å². The molecule has 136 valence electrons. The van der Waals surface area contributed by atoms with Gasteiger partial charge in [0.1, 0.15) is 0 Å². The summed E-state index contributed by atoms with van der Waals surface area (Å²) in [6.07, 6.45) is 8.20. The van der Waals surface area contributed by atoms with E-state index in [2.05, 4.69) is 39.9 Å². The highest BCUT2D eigenvalue weighted by molar-refractivity contribution is 5.79. The lowest BCUT2D eigenvalue weighted by molar-refractivity contribution is -0.130. The number of nitrogens with one attached hydrogen (secondary N) is 1. The standard InChI is InChI=1S/C22H37NO/c1-12(2)8-17(22(3,4)5)21(24)23-18-11-15-10-16(18)20-14-7-6-13(9-14)19(15)20/h12-20H,6-11H2,1-5H3,(H,23,24). The highest BCUT2D eigenvalue weighted by atomic mass is 16.2. The molecule has 0 spiro atoms. The van der Waals surface area contributed by atoms with Gasteiger partial charge in [-0.2, -0.15) is 0 Å². The number of amides is 1. The van der Waals surface area contributed by atoms with Crippen LogP contribution in [0.2, 0.25) is 0 Å². The molecular formula is C22H37NO. The second-order valence-electron chi connectivity index (χ2n) is 11.0. The lowest BCUT2D eigenvalue weighted by Crippen LogP contribution is -2.48. The fraction of sp³-hybridized carbons (Fsp3) is 0.955. The van der Waals surface area contributed by atoms with Gasteiger partial charge in [-0.3, -0.25) is 4.79 Å². The highest BCUT2D eigenvalue weighted by Gasteiger charge is 2.62. The molecule has 4 rings (SSSR count). The first-order chi connectivity index (χ1) is 11.3. The lowest BCUT2D eigenvalue weighted by Gasteiger charge is -2.40. The zero-order valence-electron chi connectivity index (χ0n) is 16.3. The maximum absolute atomic E-state index is 13.1. The van der Waals surface area contributed by atoms with Gasteiger partial charge in [-0.1, -0.05) is 34.6 Å². The number of rotatable bonds is 4. The summed E-state index contributed by atoms with van der Waals surface area (Å²) >= 11 is 0. The molecule has 4 saturated carbocycles. The SMILES string of the molecule is CC(C)CC(C(=O)NC1CC2CC1C1C3CCC(C3)C21)C(C)(C)C. The minimum Gasteiger partial charge on any atom is -0.353 e. The molecule has 0 aromatic rings. The molecular weight excluding hydrogens is 294 g/mol. The molecule has 2 nitrogen and oxygen atoms in total. The van der Waals surface area contributed by atoms with Crippen LogP contribution in [0, 0.1) is 52.8 Å². The number of carbonyl (C=O) groups excluding carboxylic acids is 1. The molecule has 0 aromatic heterocycles. The Balaban J connectivity index is 1.44. The molecule has 4 fully saturated rings. The van der Waals surface area contributed by atoms with Crippen molar-refractivity contribution in [2.45, 2.75) is 79.2 Å². The Morgan fingerprint density at radius 1 is 1.00 bits per heavy atom. The van der Waals surface area contributed by atoms with Crippen LogP contribution in [0.15, 0.2) is 0 Å². The minimum atomic E-state index is 0.0565. The van der Waals surface area contributed by atoms with E-state index in [9.17, 15) is 4.79 Å². The fourth-order valence-corrected chi connectivity index (χ4v) is 7.34. The summed E-state index contributed by atoms with van der Waals surface area (Å²) < 4.78 is 0. The summed E-state index contributed by atoms with van der Waals surface area (Å²) in [4.78, 5) is 13.1. The summed E-state index contributed by atoms with van der Waals surface area (Å²) in [6, 6.07) is 0.486. The van der Waals surface area contributed by atoms with Crippen molar-refractivity contribution in [1.82, 2.24) is 5.32 Å². The van der Waals surface area contributed by atoms with Crippen molar-refractivity contribution in [1.29, 1.82) is 0 Å². The van der Waals surface area contributed by atoms with Crippen molar-refractivity contribution in [3.8, 4) is 0 Å². The minimum absolute atomic E-state index is 0.0565. The average Bonchev–Trinajstić information content (AvgIpc) is 3.21. The quantitative estimate of drug-likeness (QED) is 0.731. The van der Waals surface area contributed by atoms with Gasteiger partial charge in [-0.25, -0.2) is 0 Å². The fourth-order valence-electron chi connectivity index (χ4n) is 7.34. The third-order valence-electron chi connectivity index (χ3n) is 8.13. The van der Waals surface area contributed by atoms with E-state index in [-0.39, 0.29) is 11.3 Å². The Hall–Kier alpha value is -0.530. The first-order valence-electron chi connectivity index (χ1n) is 10.6. The van der Waals surface area contributed by atoms with Crippen LogP contribution in [-0.2, 0) is 4.79 Å². The highest BCUT2D eigenvalue weighted by Crippen LogP contribution is 2.67. The molecule has 8 unspecified atom stereocenters. The Morgan fingerprint density at radius 2 is 1.67 bits per heavy atom. The number of hydrogen-bond donors (Lipinski definition) is 1. The van der Waals surface area contributed by atoms with Crippen molar-refractivity contribution < 1.29 is 4.79 Å². The number of carbonyl (C=O) groups is 1. The van der Waals surface area contributed by atoms with Gasteiger partial charge in [0, 0.05) is 12.0 Å². The second kappa shape index (κ2) is 5.74. The summed E-state index contributed by atoms with van der Waals surface area (Å²) in [5.74, 6) is 6.86. The van der Waals surface area contributed by atoms with E-state index in [0.717, 1.165) is 41.9 Å². The van der Waals surface area contributed by atoms with E-state index < -0.39 is 0 Å². The van der Waals surface area contributed by atoms with Crippen molar-refractivity contribution >= 4 is 5.91 Å². The number of fused-ring (bicyclic) bond motifs is 9. The molecule has 0 aliphatic heterocycles. The molecule has 1 N–H and O–H groups in total. The largest absolute Gasteiger partial charge is 0.353 e. The first kappa shape index (κ1) is 16.9. The molecule has 24 heavy (non-hydrogen) atoms. The molecule has 2 heteroatoms. The van der Waals surface area contributed by atoms with Crippen molar-refractivity contribution in [2.24, 2.45) is 52.8 Å². The van der Waals surface area contributed by atoms with E-state index >= 15 is 0 Å². The molecule has 1 amide bonds. The predicted octanol–water partition coefficient (Wildman–Crippen LogP) is 4.88. The summed E-state index contributed by atoms with van der Waals surface area (Å²) in [5, 5.41) is 3.56. The van der Waals surface area contributed by atoms with Gasteiger partial charge in [0.15, 0.2) is 0 Å². The predicted molar refractivity (Wildman–Crippen MR) is 98.4 cm³/mol. The number of hydrogen-bond acceptors (Lipinski definition) is 1. The van der Waals surface area contributed by atoms with Crippen LogP contribution >= 0.6 is 0 Å². The summed E-state index contributed by atoms with van der Waals surface area (Å²) in [5.41, 5.74) is 0.0565. The maximum atomic E-state index is 13.1. The van der Waals surface area contributed by atoms with Crippen LogP contribution in [0.25, 0.3) is 0 Å². The topological polar surface area (TPSA) is 29.1 Å². The van der Waals surface area contributed by atoms with Crippen LogP contribution in [-0.4, -0.2) is 11.9 Å². The second-order valence-corrected chi connectivity index (χ2v) is 11.0. The van der Waals surface area contributed by atoms with Gasteiger partial charge < -0.3 is 5.32 Å². The zero-order chi connectivity index (χ0) is 17.2. The van der Waals surface area contributed by atoms with Gasteiger partial charge in [0.05, 0.1) is 0 Å².